The van der Waals surface area contributed by atoms with Gasteiger partial charge in [-0.25, -0.2) is 0 Å². The Kier molecular flexibility index (Phi) is 5.14. The summed E-state index contributed by atoms with van der Waals surface area (Å²) in [7, 11) is 1.44. The lowest BCUT2D eigenvalue weighted by Crippen LogP contribution is -2.33. The zero-order valence-corrected chi connectivity index (χ0v) is 16.9. The molecule has 4 rings (SSSR count). The lowest BCUT2D eigenvalue weighted by atomic mass is 9.67. The van der Waals surface area contributed by atoms with Crippen LogP contribution in [0.4, 0.5) is 0 Å². The summed E-state index contributed by atoms with van der Waals surface area (Å²) >= 11 is 0. The first kappa shape index (κ1) is 19.0. The van der Waals surface area contributed by atoms with Crippen LogP contribution in [-0.2, 0) is 21.4 Å². The van der Waals surface area contributed by atoms with E-state index in [0.717, 1.165) is 17.7 Å². The molecule has 0 unspecified atom stereocenters. The van der Waals surface area contributed by atoms with Gasteiger partial charge in [0.25, 0.3) is 0 Å². The third kappa shape index (κ3) is 3.09. The average Bonchev–Trinajstić information content (AvgIpc) is 3.40. The molecule has 1 aromatic carbocycles. The number of methoxy groups -OCH3 is 1. The molecule has 2 saturated carbocycles. The van der Waals surface area contributed by atoms with Crippen molar-refractivity contribution in [1.82, 2.24) is 9.78 Å². The SMILES string of the molecule is CCc1nn(C2CCCC2)c2cc([C@]3(C#N)CC[C@H](C(=O)OC)CC3)ccc12. The van der Waals surface area contributed by atoms with Crippen molar-refractivity contribution in [1.29, 1.82) is 5.26 Å². The van der Waals surface area contributed by atoms with E-state index in [1.54, 1.807) is 0 Å². The van der Waals surface area contributed by atoms with Crippen LogP contribution in [0.5, 0.6) is 0 Å². The number of benzene rings is 1. The predicted molar refractivity (Wildman–Crippen MR) is 108 cm³/mol. The summed E-state index contributed by atoms with van der Waals surface area (Å²) in [5, 5.41) is 16.3. The van der Waals surface area contributed by atoms with Crippen LogP contribution in [-0.4, -0.2) is 22.9 Å². The van der Waals surface area contributed by atoms with E-state index in [1.807, 2.05) is 0 Å². The first-order chi connectivity index (χ1) is 13.6. The quantitative estimate of drug-likeness (QED) is 0.713. The highest BCUT2D eigenvalue weighted by atomic mass is 16.5. The zero-order valence-electron chi connectivity index (χ0n) is 16.9. The molecule has 0 bridgehead atoms. The van der Waals surface area contributed by atoms with Gasteiger partial charge < -0.3 is 4.74 Å². The van der Waals surface area contributed by atoms with E-state index in [1.165, 1.54) is 43.7 Å². The van der Waals surface area contributed by atoms with Crippen LogP contribution in [0, 0.1) is 17.2 Å². The van der Waals surface area contributed by atoms with Crippen LogP contribution in [0.2, 0.25) is 0 Å². The third-order valence-electron chi connectivity index (χ3n) is 6.93. The summed E-state index contributed by atoms with van der Waals surface area (Å²) in [6, 6.07) is 9.57. The second kappa shape index (κ2) is 7.58. The molecule has 2 aliphatic rings. The first-order valence-corrected chi connectivity index (χ1v) is 10.6. The number of fused-ring (bicyclic) bond motifs is 1. The average molecular weight is 380 g/mol. The molecule has 0 aliphatic heterocycles. The maximum absolute atomic E-state index is 11.9. The lowest BCUT2D eigenvalue weighted by Gasteiger charge is -2.34. The molecule has 2 fully saturated rings. The number of hydrogen-bond acceptors (Lipinski definition) is 4. The molecule has 0 spiro atoms. The summed E-state index contributed by atoms with van der Waals surface area (Å²) in [6.07, 6.45) is 8.65. The van der Waals surface area contributed by atoms with E-state index in [9.17, 15) is 10.1 Å². The van der Waals surface area contributed by atoms with Gasteiger partial charge >= 0.3 is 5.97 Å². The Morgan fingerprint density at radius 3 is 2.61 bits per heavy atom. The van der Waals surface area contributed by atoms with Gasteiger partial charge in [0.1, 0.15) is 0 Å². The number of carbonyl (C=O) groups excluding carboxylic acids is 1. The monoisotopic (exact) mass is 379 g/mol. The van der Waals surface area contributed by atoms with Crippen molar-refractivity contribution in [2.24, 2.45) is 5.92 Å². The van der Waals surface area contributed by atoms with E-state index in [-0.39, 0.29) is 11.9 Å². The van der Waals surface area contributed by atoms with Crippen LogP contribution in [0.1, 0.15) is 75.6 Å². The van der Waals surface area contributed by atoms with Gasteiger partial charge in [-0.15, -0.1) is 0 Å². The number of nitriles is 1. The van der Waals surface area contributed by atoms with Gasteiger partial charge in [-0.2, -0.15) is 10.4 Å². The largest absolute Gasteiger partial charge is 0.469 e. The summed E-state index contributed by atoms with van der Waals surface area (Å²) in [5.41, 5.74) is 2.88. The second-order valence-electron chi connectivity index (χ2n) is 8.41. The van der Waals surface area contributed by atoms with Gasteiger partial charge in [-0.1, -0.05) is 31.9 Å². The Morgan fingerprint density at radius 1 is 1.29 bits per heavy atom. The molecule has 0 N–H and O–H groups in total. The van der Waals surface area contributed by atoms with Gasteiger partial charge in [-0.3, -0.25) is 9.48 Å². The second-order valence-corrected chi connectivity index (χ2v) is 8.41. The minimum Gasteiger partial charge on any atom is -0.469 e. The molecular formula is C23H29N3O2. The normalized spacial score (nSPS) is 25.7. The highest BCUT2D eigenvalue weighted by Crippen LogP contribution is 2.43. The molecule has 1 heterocycles. The molecule has 1 aromatic heterocycles. The van der Waals surface area contributed by atoms with Gasteiger partial charge in [-0.05, 0) is 56.6 Å². The van der Waals surface area contributed by atoms with E-state index < -0.39 is 5.41 Å². The van der Waals surface area contributed by atoms with Crippen molar-refractivity contribution >= 4 is 16.9 Å². The highest BCUT2D eigenvalue weighted by molar-refractivity contribution is 5.83. The Balaban J connectivity index is 1.71. The summed E-state index contributed by atoms with van der Waals surface area (Å²) < 4.78 is 7.14. The van der Waals surface area contributed by atoms with Gasteiger partial charge in [0.15, 0.2) is 0 Å². The number of aromatic nitrogens is 2. The molecule has 0 amide bonds. The van der Waals surface area contributed by atoms with E-state index >= 15 is 0 Å². The number of esters is 1. The summed E-state index contributed by atoms with van der Waals surface area (Å²) in [5.74, 6) is -0.222. The molecule has 0 saturated heterocycles. The number of aryl methyl sites for hydroxylation is 1. The fourth-order valence-electron chi connectivity index (χ4n) is 5.17. The Hall–Kier alpha value is -2.35. The summed E-state index contributed by atoms with van der Waals surface area (Å²) in [6.45, 7) is 2.15. The number of hydrogen-bond donors (Lipinski definition) is 0. The number of rotatable bonds is 4. The molecule has 5 heteroatoms. The van der Waals surface area contributed by atoms with Crippen LogP contribution in [0.3, 0.4) is 0 Å². The number of ether oxygens (including phenoxy) is 1. The molecule has 5 nitrogen and oxygen atoms in total. The van der Waals surface area contributed by atoms with Crippen molar-refractivity contribution in [2.45, 2.75) is 76.2 Å². The molecule has 2 aromatic rings. The van der Waals surface area contributed by atoms with Crippen LogP contribution in [0.15, 0.2) is 18.2 Å². The Labute approximate surface area is 166 Å². The minimum absolute atomic E-state index is 0.0779. The standard InChI is InChI=1S/C23H29N3O2/c1-3-20-19-9-8-17(14-21(19)26(25-20)18-6-4-5-7-18)23(15-24)12-10-16(11-13-23)22(27)28-2/h8-9,14,16,18H,3-7,10-13H2,1-2H3/t16-,23+. The van der Waals surface area contributed by atoms with Gasteiger partial charge in [0.05, 0.1) is 41.8 Å². The molecular weight excluding hydrogens is 350 g/mol. The topological polar surface area (TPSA) is 67.9 Å². The lowest BCUT2D eigenvalue weighted by molar-refractivity contribution is -0.146. The first-order valence-electron chi connectivity index (χ1n) is 10.6. The maximum atomic E-state index is 11.9. The van der Waals surface area contributed by atoms with Crippen molar-refractivity contribution in [3.05, 3.63) is 29.5 Å². The predicted octanol–water partition coefficient (Wildman–Crippen LogP) is 4.84. The minimum atomic E-state index is -0.518. The van der Waals surface area contributed by atoms with Crippen LogP contribution < -0.4 is 0 Å². The molecule has 2 aliphatic carbocycles. The van der Waals surface area contributed by atoms with E-state index in [4.69, 9.17) is 9.84 Å². The van der Waals surface area contributed by atoms with Crippen LogP contribution in [0.25, 0.3) is 10.9 Å². The fourth-order valence-corrected chi connectivity index (χ4v) is 5.17. The van der Waals surface area contributed by atoms with Gasteiger partial charge in [0, 0.05) is 5.39 Å². The highest BCUT2D eigenvalue weighted by Gasteiger charge is 2.40. The zero-order chi connectivity index (χ0) is 19.7. The van der Waals surface area contributed by atoms with Crippen LogP contribution >= 0.6 is 0 Å². The number of nitrogens with zero attached hydrogens (tertiary/aromatic N) is 3. The van der Waals surface area contributed by atoms with E-state index in [2.05, 4.69) is 35.9 Å². The smallest absolute Gasteiger partial charge is 0.308 e. The molecule has 28 heavy (non-hydrogen) atoms. The van der Waals surface area contributed by atoms with Crippen molar-refractivity contribution in [2.75, 3.05) is 7.11 Å². The molecule has 0 atom stereocenters. The van der Waals surface area contributed by atoms with E-state index in [0.29, 0.717) is 31.7 Å². The fraction of sp³-hybridized carbons (Fsp3) is 0.609. The maximum Gasteiger partial charge on any atom is 0.308 e. The van der Waals surface area contributed by atoms with Crippen molar-refractivity contribution in [3.63, 3.8) is 0 Å². The number of carbonyl (C=O) groups is 1. The van der Waals surface area contributed by atoms with Crippen molar-refractivity contribution < 1.29 is 9.53 Å². The van der Waals surface area contributed by atoms with Crippen molar-refractivity contribution in [3.8, 4) is 6.07 Å². The summed E-state index contributed by atoms with van der Waals surface area (Å²) in [4.78, 5) is 11.9. The van der Waals surface area contributed by atoms with Gasteiger partial charge in [0.2, 0.25) is 0 Å². The molecule has 0 radical (unpaired) electrons. The Morgan fingerprint density at radius 2 is 2.00 bits per heavy atom. The third-order valence-corrected chi connectivity index (χ3v) is 6.93. The molecule has 148 valence electrons. The Bertz CT molecular complexity index is 910.